The van der Waals surface area contributed by atoms with E-state index in [9.17, 15) is 4.79 Å². The minimum Gasteiger partial charge on any atom is -0.493 e. The number of hydrogen-bond acceptors (Lipinski definition) is 3. The Morgan fingerprint density at radius 1 is 1.17 bits per heavy atom. The third-order valence-electron chi connectivity index (χ3n) is 3.14. The first-order valence-electron chi connectivity index (χ1n) is 7.17. The molecule has 0 unspecified atom stereocenters. The van der Waals surface area contributed by atoms with Gasteiger partial charge in [0.1, 0.15) is 6.61 Å². The average molecular weight is 335 g/mol. The first-order valence-corrected chi connectivity index (χ1v) is 7.55. The van der Waals surface area contributed by atoms with Gasteiger partial charge in [0.15, 0.2) is 11.5 Å². The van der Waals surface area contributed by atoms with E-state index in [1.165, 1.54) is 0 Å². The highest BCUT2D eigenvalue weighted by atomic mass is 35.5. The number of nitrogens with one attached hydrogen (secondary N) is 2. The van der Waals surface area contributed by atoms with Crippen molar-refractivity contribution in [3.8, 4) is 11.5 Å². The van der Waals surface area contributed by atoms with E-state index in [4.69, 9.17) is 21.1 Å². The van der Waals surface area contributed by atoms with Crippen LogP contribution in [0, 0.1) is 6.92 Å². The molecule has 0 spiro atoms. The molecule has 122 valence electrons. The number of urea groups is 1. The van der Waals surface area contributed by atoms with Gasteiger partial charge in [-0.05, 0) is 36.8 Å². The molecule has 5 nitrogen and oxygen atoms in total. The molecule has 2 amide bonds. The highest BCUT2D eigenvalue weighted by Gasteiger charge is 2.05. The van der Waals surface area contributed by atoms with E-state index in [0.29, 0.717) is 35.4 Å². The summed E-state index contributed by atoms with van der Waals surface area (Å²) in [6.07, 6.45) is 0. The summed E-state index contributed by atoms with van der Waals surface area (Å²) < 4.78 is 10.8. The maximum atomic E-state index is 11.8. The zero-order chi connectivity index (χ0) is 16.7. The molecule has 0 heterocycles. The van der Waals surface area contributed by atoms with Crippen molar-refractivity contribution >= 4 is 23.3 Å². The van der Waals surface area contributed by atoms with Crippen LogP contribution in [0.2, 0.25) is 5.02 Å². The molecule has 2 rings (SSSR count). The van der Waals surface area contributed by atoms with Crippen molar-refractivity contribution in [1.82, 2.24) is 5.32 Å². The SMILES string of the molecule is COc1ccccc1OCCNC(=O)Nc1ccc(C)c(Cl)c1. The quantitative estimate of drug-likeness (QED) is 0.789. The van der Waals surface area contributed by atoms with Crippen molar-refractivity contribution in [3.05, 3.63) is 53.1 Å². The number of hydrogen-bond donors (Lipinski definition) is 2. The second-order valence-electron chi connectivity index (χ2n) is 4.84. The molecular weight excluding hydrogens is 316 g/mol. The van der Waals surface area contributed by atoms with Crippen LogP contribution in [0.3, 0.4) is 0 Å². The number of anilines is 1. The molecule has 0 radical (unpaired) electrons. The number of methoxy groups -OCH3 is 1. The lowest BCUT2D eigenvalue weighted by Gasteiger charge is -2.11. The molecule has 2 aromatic rings. The Labute approximate surface area is 140 Å². The van der Waals surface area contributed by atoms with Crippen LogP contribution in [0.15, 0.2) is 42.5 Å². The molecule has 0 aliphatic heterocycles. The van der Waals surface area contributed by atoms with Crippen LogP contribution in [0.1, 0.15) is 5.56 Å². The predicted molar refractivity (Wildman–Crippen MR) is 91.7 cm³/mol. The summed E-state index contributed by atoms with van der Waals surface area (Å²) in [7, 11) is 1.58. The maximum Gasteiger partial charge on any atom is 0.319 e. The van der Waals surface area contributed by atoms with E-state index in [2.05, 4.69) is 10.6 Å². The number of benzene rings is 2. The van der Waals surface area contributed by atoms with Gasteiger partial charge in [-0.15, -0.1) is 0 Å². The lowest BCUT2D eigenvalue weighted by atomic mass is 10.2. The zero-order valence-corrected chi connectivity index (χ0v) is 13.8. The maximum absolute atomic E-state index is 11.8. The Balaban J connectivity index is 1.75. The Hall–Kier alpha value is -2.40. The Kier molecular flexibility index (Phi) is 6.11. The van der Waals surface area contributed by atoms with Gasteiger partial charge in [0, 0.05) is 10.7 Å². The number of amides is 2. The van der Waals surface area contributed by atoms with Crippen LogP contribution in [-0.2, 0) is 0 Å². The van der Waals surface area contributed by atoms with E-state index in [-0.39, 0.29) is 6.03 Å². The molecule has 0 saturated carbocycles. The van der Waals surface area contributed by atoms with Gasteiger partial charge in [-0.2, -0.15) is 0 Å². The van der Waals surface area contributed by atoms with Gasteiger partial charge < -0.3 is 20.1 Å². The largest absolute Gasteiger partial charge is 0.493 e. The van der Waals surface area contributed by atoms with Crippen LogP contribution in [-0.4, -0.2) is 26.3 Å². The van der Waals surface area contributed by atoms with Gasteiger partial charge in [0.2, 0.25) is 0 Å². The summed E-state index contributed by atoms with van der Waals surface area (Å²) in [5.74, 6) is 1.30. The van der Waals surface area contributed by atoms with Crippen molar-refractivity contribution in [2.45, 2.75) is 6.92 Å². The van der Waals surface area contributed by atoms with Gasteiger partial charge >= 0.3 is 6.03 Å². The third kappa shape index (κ3) is 5.07. The van der Waals surface area contributed by atoms with E-state index in [1.54, 1.807) is 19.2 Å². The molecule has 0 aliphatic carbocycles. The molecule has 2 N–H and O–H groups in total. The molecule has 0 bridgehead atoms. The highest BCUT2D eigenvalue weighted by molar-refractivity contribution is 6.31. The van der Waals surface area contributed by atoms with Crippen molar-refractivity contribution in [2.24, 2.45) is 0 Å². The summed E-state index contributed by atoms with van der Waals surface area (Å²) in [5, 5.41) is 6.04. The van der Waals surface area contributed by atoms with E-state index >= 15 is 0 Å². The molecule has 0 fully saturated rings. The van der Waals surface area contributed by atoms with Crippen LogP contribution in [0.4, 0.5) is 10.5 Å². The molecule has 0 atom stereocenters. The molecule has 2 aromatic carbocycles. The fourth-order valence-electron chi connectivity index (χ4n) is 1.91. The summed E-state index contributed by atoms with van der Waals surface area (Å²) in [6.45, 7) is 2.60. The average Bonchev–Trinajstić information content (AvgIpc) is 2.55. The fraction of sp³-hybridized carbons (Fsp3) is 0.235. The number of aryl methyl sites for hydroxylation is 1. The number of halogens is 1. The van der Waals surface area contributed by atoms with E-state index < -0.39 is 0 Å². The lowest BCUT2D eigenvalue weighted by molar-refractivity contribution is 0.246. The first kappa shape index (κ1) is 17.0. The van der Waals surface area contributed by atoms with Gasteiger partial charge in [-0.1, -0.05) is 29.8 Å². The molecule has 0 aromatic heterocycles. The number of rotatable bonds is 6. The van der Waals surface area contributed by atoms with Crippen LogP contribution in [0.25, 0.3) is 0 Å². The molecule has 0 saturated heterocycles. The van der Waals surface area contributed by atoms with Gasteiger partial charge in [-0.3, -0.25) is 0 Å². The molecular formula is C17H19ClN2O3. The van der Waals surface area contributed by atoms with Crippen molar-refractivity contribution < 1.29 is 14.3 Å². The lowest BCUT2D eigenvalue weighted by Crippen LogP contribution is -2.32. The zero-order valence-electron chi connectivity index (χ0n) is 13.1. The molecule has 0 aliphatic rings. The Morgan fingerprint density at radius 2 is 1.91 bits per heavy atom. The Bertz CT molecular complexity index is 677. The summed E-state index contributed by atoms with van der Waals surface area (Å²) in [6, 6.07) is 12.4. The van der Waals surface area contributed by atoms with Crippen molar-refractivity contribution in [2.75, 3.05) is 25.6 Å². The Morgan fingerprint density at radius 3 is 2.61 bits per heavy atom. The number of carbonyl (C=O) groups excluding carboxylic acids is 1. The second kappa shape index (κ2) is 8.29. The molecule has 6 heteroatoms. The number of ether oxygens (including phenoxy) is 2. The van der Waals surface area contributed by atoms with Crippen molar-refractivity contribution in [3.63, 3.8) is 0 Å². The van der Waals surface area contributed by atoms with Crippen molar-refractivity contribution in [1.29, 1.82) is 0 Å². The van der Waals surface area contributed by atoms with Crippen LogP contribution >= 0.6 is 11.6 Å². The summed E-state index contributed by atoms with van der Waals surface area (Å²) in [4.78, 5) is 11.8. The second-order valence-corrected chi connectivity index (χ2v) is 5.25. The number of para-hydroxylation sites is 2. The topological polar surface area (TPSA) is 59.6 Å². The molecule has 23 heavy (non-hydrogen) atoms. The standard InChI is InChI=1S/C17H19ClN2O3/c1-12-7-8-13(11-14(12)18)20-17(21)19-9-10-23-16-6-4-3-5-15(16)22-2/h3-8,11H,9-10H2,1-2H3,(H2,19,20,21). The van der Waals surface area contributed by atoms with Crippen LogP contribution in [0.5, 0.6) is 11.5 Å². The monoisotopic (exact) mass is 334 g/mol. The van der Waals surface area contributed by atoms with Gasteiger partial charge in [-0.25, -0.2) is 4.79 Å². The highest BCUT2D eigenvalue weighted by Crippen LogP contribution is 2.25. The number of carbonyl (C=O) groups is 1. The third-order valence-corrected chi connectivity index (χ3v) is 3.55. The predicted octanol–water partition coefficient (Wildman–Crippen LogP) is 3.86. The van der Waals surface area contributed by atoms with E-state index in [1.807, 2.05) is 37.3 Å². The fourth-order valence-corrected chi connectivity index (χ4v) is 2.09. The smallest absolute Gasteiger partial charge is 0.319 e. The van der Waals surface area contributed by atoms with E-state index in [0.717, 1.165) is 5.56 Å². The minimum absolute atomic E-state index is 0.312. The van der Waals surface area contributed by atoms with Gasteiger partial charge in [0.05, 0.1) is 13.7 Å². The normalized spacial score (nSPS) is 10.0. The first-order chi connectivity index (χ1) is 11.1. The van der Waals surface area contributed by atoms with Crippen LogP contribution < -0.4 is 20.1 Å². The van der Waals surface area contributed by atoms with Gasteiger partial charge in [0.25, 0.3) is 0 Å². The summed E-state index contributed by atoms with van der Waals surface area (Å²) >= 11 is 6.02. The minimum atomic E-state index is -0.312. The summed E-state index contributed by atoms with van der Waals surface area (Å²) in [5.41, 5.74) is 1.60.